The molecule has 1 atom stereocenters. The largest absolute Gasteiger partial charge is 0.352 e. The average Bonchev–Trinajstić information content (AvgIpc) is 3.42. The number of nitrogens with zero attached hydrogens (tertiary/aromatic N) is 1. The molecule has 0 heterocycles. The van der Waals surface area contributed by atoms with Gasteiger partial charge in [-0.2, -0.15) is 0 Å². The smallest absolute Gasteiger partial charge is 0.243 e. The fourth-order valence-corrected chi connectivity index (χ4v) is 6.37. The zero-order chi connectivity index (χ0) is 26.9. The molecule has 8 heteroatoms. The number of nitrogens with one attached hydrogen (secondary N) is 1. The summed E-state index contributed by atoms with van der Waals surface area (Å²) in [6, 6.07) is 22.1. The molecular formula is C30H31Cl3N2O2S. The zero-order valence-electron chi connectivity index (χ0n) is 21.0. The Kier molecular flexibility index (Phi) is 10.8. The second kappa shape index (κ2) is 14.3. The van der Waals surface area contributed by atoms with Gasteiger partial charge in [-0.3, -0.25) is 9.59 Å². The van der Waals surface area contributed by atoms with Crippen LogP contribution in [0.15, 0.2) is 72.8 Å². The summed E-state index contributed by atoms with van der Waals surface area (Å²) in [5, 5.41) is 4.88. The number of amides is 2. The van der Waals surface area contributed by atoms with Gasteiger partial charge >= 0.3 is 0 Å². The highest BCUT2D eigenvalue weighted by Crippen LogP contribution is 2.26. The first-order valence-electron chi connectivity index (χ1n) is 12.8. The Hall–Kier alpha value is -2.18. The third kappa shape index (κ3) is 8.16. The summed E-state index contributed by atoms with van der Waals surface area (Å²) >= 11 is 20.4. The lowest BCUT2D eigenvalue weighted by Gasteiger charge is -2.32. The molecule has 0 aliphatic heterocycles. The van der Waals surface area contributed by atoms with Crippen LogP contribution in [0.2, 0.25) is 15.1 Å². The van der Waals surface area contributed by atoms with Gasteiger partial charge in [-0.1, -0.05) is 102 Å². The van der Waals surface area contributed by atoms with E-state index in [-0.39, 0.29) is 30.2 Å². The summed E-state index contributed by atoms with van der Waals surface area (Å²) in [6.45, 7) is 0.205. The van der Waals surface area contributed by atoms with Gasteiger partial charge in [0, 0.05) is 39.8 Å². The van der Waals surface area contributed by atoms with E-state index in [1.165, 1.54) is 11.8 Å². The van der Waals surface area contributed by atoms with Crippen LogP contribution >= 0.6 is 46.6 Å². The Morgan fingerprint density at radius 3 is 2.32 bits per heavy atom. The van der Waals surface area contributed by atoms with Gasteiger partial charge in [0.1, 0.15) is 6.04 Å². The molecule has 1 aliphatic carbocycles. The van der Waals surface area contributed by atoms with E-state index in [1.807, 2.05) is 60.7 Å². The van der Waals surface area contributed by atoms with Crippen molar-refractivity contribution in [2.75, 3.05) is 5.75 Å². The Balaban J connectivity index is 1.59. The molecule has 0 radical (unpaired) electrons. The van der Waals surface area contributed by atoms with Crippen molar-refractivity contribution < 1.29 is 9.59 Å². The van der Waals surface area contributed by atoms with Crippen LogP contribution in [-0.4, -0.2) is 34.6 Å². The number of thioether (sulfide) groups is 1. The van der Waals surface area contributed by atoms with Crippen molar-refractivity contribution in [1.82, 2.24) is 10.2 Å². The lowest BCUT2D eigenvalue weighted by Crippen LogP contribution is -2.52. The summed E-state index contributed by atoms with van der Waals surface area (Å²) in [4.78, 5) is 29.2. The Labute approximate surface area is 244 Å². The molecule has 4 rings (SSSR count). The van der Waals surface area contributed by atoms with E-state index >= 15 is 0 Å². The molecule has 200 valence electrons. The molecule has 38 heavy (non-hydrogen) atoms. The Bertz CT molecular complexity index is 1240. The van der Waals surface area contributed by atoms with Crippen LogP contribution in [-0.2, 0) is 28.3 Å². The molecule has 3 aromatic rings. The van der Waals surface area contributed by atoms with Crippen molar-refractivity contribution in [3.63, 3.8) is 0 Å². The van der Waals surface area contributed by atoms with Crippen LogP contribution < -0.4 is 5.32 Å². The predicted octanol–water partition coefficient (Wildman–Crippen LogP) is 7.58. The van der Waals surface area contributed by atoms with Crippen LogP contribution in [0.5, 0.6) is 0 Å². The topological polar surface area (TPSA) is 49.4 Å². The highest BCUT2D eigenvalue weighted by molar-refractivity contribution is 7.99. The zero-order valence-corrected chi connectivity index (χ0v) is 24.1. The molecule has 0 bridgehead atoms. The number of halogens is 3. The van der Waals surface area contributed by atoms with Gasteiger partial charge in [0.15, 0.2) is 0 Å². The lowest BCUT2D eigenvalue weighted by atomic mass is 10.0. The third-order valence-electron chi connectivity index (χ3n) is 6.77. The van der Waals surface area contributed by atoms with E-state index in [2.05, 4.69) is 5.32 Å². The van der Waals surface area contributed by atoms with Crippen LogP contribution in [0.3, 0.4) is 0 Å². The molecule has 0 saturated heterocycles. The van der Waals surface area contributed by atoms with Crippen LogP contribution in [0.1, 0.15) is 42.4 Å². The van der Waals surface area contributed by atoms with Crippen LogP contribution in [0, 0.1) is 0 Å². The second-order valence-corrected chi connectivity index (χ2v) is 11.8. The summed E-state index contributed by atoms with van der Waals surface area (Å²) in [5.41, 5.74) is 2.70. The van der Waals surface area contributed by atoms with Crippen molar-refractivity contribution in [3.05, 3.63) is 105 Å². The maximum absolute atomic E-state index is 13.8. The molecule has 1 aliphatic rings. The van der Waals surface area contributed by atoms with Gasteiger partial charge in [-0.15, -0.1) is 11.8 Å². The first-order valence-corrected chi connectivity index (χ1v) is 15.1. The van der Waals surface area contributed by atoms with E-state index in [0.29, 0.717) is 27.2 Å². The molecule has 2 amide bonds. The van der Waals surface area contributed by atoms with Crippen molar-refractivity contribution in [3.8, 4) is 0 Å². The van der Waals surface area contributed by atoms with Crippen LogP contribution in [0.25, 0.3) is 0 Å². The number of rotatable bonds is 11. The summed E-state index contributed by atoms with van der Waals surface area (Å²) in [7, 11) is 0. The Morgan fingerprint density at radius 2 is 1.61 bits per heavy atom. The third-order valence-corrected chi connectivity index (χ3v) is 8.69. The monoisotopic (exact) mass is 588 g/mol. The molecule has 3 aromatic carbocycles. The standard InChI is InChI=1S/C30H31Cl3N2O2S/c31-24-15-14-22(27(33)17-24)18-35(29(36)20-38-19-23-10-4-7-13-26(23)32)28(16-21-8-2-1-3-9-21)30(37)34-25-11-5-6-12-25/h1-4,7-10,13-15,17,25,28H,5-6,11-12,16,18-20H2,(H,34,37)/t28-/m0/s1. The minimum absolute atomic E-state index is 0.129. The quantitative estimate of drug-likeness (QED) is 0.251. The van der Waals surface area contributed by atoms with E-state index in [4.69, 9.17) is 34.8 Å². The van der Waals surface area contributed by atoms with Gasteiger partial charge in [0.05, 0.1) is 5.75 Å². The first-order chi connectivity index (χ1) is 18.4. The molecule has 4 nitrogen and oxygen atoms in total. The summed E-state index contributed by atoms with van der Waals surface area (Å²) < 4.78 is 0. The van der Waals surface area contributed by atoms with Gasteiger partial charge in [-0.05, 0) is 47.7 Å². The molecule has 1 fully saturated rings. The lowest BCUT2D eigenvalue weighted by molar-refractivity contribution is -0.139. The SMILES string of the molecule is O=C(NC1CCCC1)[C@H](Cc1ccccc1)N(Cc1ccc(Cl)cc1Cl)C(=O)CSCc1ccccc1Cl. The fourth-order valence-electron chi connectivity index (χ4n) is 4.70. The number of hydrogen-bond acceptors (Lipinski definition) is 3. The molecule has 1 saturated carbocycles. The maximum atomic E-state index is 13.8. The molecular weight excluding hydrogens is 559 g/mol. The van der Waals surface area contributed by atoms with E-state index < -0.39 is 6.04 Å². The van der Waals surface area contributed by atoms with Gasteiger partial charge in [0.2, 0.25) is 11.8 Å². The minimum Gasteiger partial charge on any atom is -0.352 e. The fraction of sp³-hybridized carbons (Fsp3) is 0.333. The highest BCUT2D eigenvalue weighted by Gasteiger charge is 2.32. The number of hydrogen-bond donors (Lipinski definition) is 1. The molecule has 1 N–H and O–H groups in total. The van der Waals surface area contributed by atoms with E-state index in [1.54, 1.807) is 17.0 Å². The average molecular weight is 590 g/mol. The van der Waals surface area contributed by atoms with E-state index in [9.17, 15) is 9.59 Å². The normalized spacial score (nSPS) is 14.3. The Morgan fingerprint density at radius 1 is 0.895 bits per heavy atom. The highest BCUT2D eigenvalue weighted by atomic mass is 35.5. The molecule has 0 spiro atoms. The van der Waals surface area contributed by atoms with Gasteiger partial charge < -0.3 is 10.2 Å². The number of carbonyl (C=O) groups is 2. The van der Waals surface area contributed by atoms with Crippen molar-refractivity contribution in [2.45, 2.75) is 56.5 Å². The van der Waals surface area contributed by atoms with Crippen LogP contribution in [0.4, 0.5) is 0 Å². The van der Waals surface area contributed by atoms with Crippen molar-refractivity contribution >= 4 is 58.4 Å². The van der Waals surface area contributed by atoms with E-state index in [0.717, 1.165) is 42.4 Å². The molecule has 0 unspecified atom stereocenters. The second-order valence-electron chi connectivity index (χ2n) is 9.54. The maximum Gasteiger partial charge on any atom is 0.243 e. The number of carbonyl (C=O) groups excluding carboxylic acids is 2. The number of benzene rings is 3. The van der Waals surface area contributed by atoms with Gasteiger partial charge in [-0.25, -0.2) is 0 Å². The predicted molar refractivity (Wildman–Crippen MR) is 159 cm³/mol. The molecule has 0 aromatic heterocycles. The first kappa shape index (κ1) is 28.8. The summed E-state index contributed by atoms with van der Waals surface area (Å²) in [5.74, 6) is 0.544. The van der Waals surface area contributed by atoms with Crippen molar-refractivity contribution in [1.29, 1.82) is 0 Å². The minimum atomic E-state index is -0.682. The summed E-state index contributed by atoms with van der Waals surface area (Å²) in [6.07, 6.45) is 4.56. The van der Waals surface area contributed by atoms with Gasteiger partial charge in [0.25, 0.3) is 0 Å². The van der Waals surface area contributed by atoms with Crippen molar-refractivity contribution in [2.24, 2.45) is 0 Å².